The summed E-state index contributed by atoms with van der Waals surface area (Å²) in [6.45, 7) is 1.10. The van der Waals surface area contributed by atoms with Crippen LogP contribution < -0.4 is 15.2 Å². The third kappa shape index (κ3) is 4.27. The predicted molar refractivity (Wildman–Crippen MR) is 89.5 cm³/mol. The molecule has 0 aliphatic heterocycles. The SMILES string of the molecule is COc1cc(/C=C/c2noc(C)c2[N+](=O)[O-])cc(Cl)c1OCC(N)=O. The van der Waals surface area contributed by atoms with Crippen LogP contribution in [0.2, 0.25) is 5.02 Å². The quantitative estimate of drug-likeness (QED) is 0.587. The first-order valence-corrected chi connectivity index (χ1v) is 7.28. The van der Waals surface area contributed by atoms with E-state index in [1.165, 1.54) is 26.2 Å². The fourth-order valence-electron chi connectivity index (χ4n) is 2.01. The number of halogens is 1. The molecule has 1 amide bonds. The molecule has 0 aliphatic rings. The Morgan fingerprint density at radius 2 is 2.20 bits per heavy atom. The van der Waals surface area contributed by atoms with Gasteiger partial charge in [-0.3, -0.25) is 14.9 Å². The van der Waals surface area contributed by atoms with Gasteiger partial charge in [0.25, 0.3) is 5.91 Å². The van der Waals surface area contributed by atoms with Crippen molar-refractivity contribution in [1.29, 1.82) is 0 Å². The smallest absolute Gasteiger partial charge is 0.338 e. The van der Waals surface area contributed by atoms with E-state index < -0.39 is 10.8 Å². The molecule has 0 atom stereocenters. The van der Waals surface area contributed by atoms with Crippen LogP contribution in [0.1, 0.15) is 17.0 Å². The number of nitrogens with two attached hydrogens (primary N) is 1. The summed E-state index contributed by atoms with van der Waals surface area (Å²) in [7, 11) is 1.40. The molecule has 0 bridgehead atoms. The van der Waals surface area contributed by atoms with Gasteiger partial charge in [0, 0.05) is 6.92 Å². The van der Waals surface area contributed by atoms with E-state index >= 15 is 0 Å². The lowest BCUT2D eigenvalue weighted by Gasteiger charge is -2.12. The zero-order valence-electron chi connectivity index (χ0n) is 13.3. The van der Waals surface area contributed by atoms with Crippen LogP contribution in [0.5, 0.6) is 11.5 Å². The van der Waals surface area contributed by atoms with E-state index in [1.807, 2.05) is 0 Å². The van der Waals surface area contributed by atoms with Crippen LogP contribution >= 0.6 is 11.6 Å². The molecule has 0 unspecified atom stereocenters. The van der Waals surface area contributed by atoms with Gasteiger partial charge in [0.15, 0.2) is 23.8 Å². The second-order valence-electron chi connectivity index (χ2n) is 4.85. The fourth-order valence-corrected chi connectivity index (χ4v) is 2.28. The van der Waals surface area contributed by atoms with E-state index in [0.717, 1.165) is 0 Å². The van der Waals surface area contributed by atoms with Gasteiger partial charge in [-0.1, -0.05) is 22.8 Å². The number of amides is 1. The largest absolute Gasteiger partial charge is 0.493 e. The Hall–Kier alpha value is -3.07. The van der Waals surface area contributed by atoms with Gasteiger partial charge in [-0.05, 0) is 23.8 Å². The molecule has 0 saturated carbocycles. The van der Waals surface area contributed by atoms with Crippen molar-refractivity contribution in [3.63, 3.8) is 0 Å². The van der Waals surface area contributed by atoms with Gasteiger partial charge in [0.2, 0.25) is 5.76 Å². The van der Waals surface area contributed by atoms with Gasteiger partial charge in [0.1, 0.15) is 0 Å². The van der Waals surface area contributed by atoms with Gasteiger partial charge < -0.3 is 19.7 Å². The highest BCUT2D eigenvalue weighted by Gasteiger charge is 2.22. The summed E-state index contributed by atoms with van der Waals surface area (Å²) < 4.78 is 15.2. The number of carbonyl (C=O) groups excluding carboxylic acids is 1. The molecule has 2 N–H and O–H groups in total. The van der Waals surface area contributed by atoms with E-state index in [2.05, 4.69) is 5.16 Å². The molecule has 132 valence electrons. The minimum absolute atomic E-state index is 0.0756. The zero-order valence-corrected chi connectivity index (χ0v) is 14.1. The van der Waals surface area contributed by atoms with Crippen LogP contribution in [0.3, 0.4) is 0 Å². The average Bonchev–Trinajstić information content (AvgIpc) is 2.92. The molecule has 0 radical (unpaired) electrons. The molecular formula is C15H14ClN3O6. The third-order valence-corrected chi connectivity index (χ3v) is 3.36. The molecule has 0 spiro atoms. The van der Waals surface area contributed by atoms with Crippen molar-refractivity contribution in [2.24, 2.45) is 5.73 Å². The maximum Gasteiger partial charge on any atom is 0.338 e. The topological polar surface area (TPSA) is 131 Å². The molecule has 0 aliphatic carbocycles. The molecule has 10 heteroatoms. The number of ether oxygens (including phenoxy) is 2. The number of hydrogen-bond acceptors (Lipinski definition) is 7. The van der Waals surface area contributed by atoms with Crippen molar-refractivity contribution in [3.05, 3.63) is 44.3 Å². The lowest BCUT2D eigenvalue weighted by atomic mass is 10.1. The molecule has 1 heterocycles. The van der Waals surface area contributed by atoms with Gasteiger partial charge in [0.05, 0.1) is 17.1 Å². The average molecular weight is 368 g/mol. The number of nitrogens with zero attached hydrogens (tertiary/aromatic N) is 2. The summed E-state index contributed by atoms with van der Waals surface area (Å²) in [5.41, 5.74) is 5.47. The number of primary amides is 1. The van der Waals surface area contributed by atoms with E-state index in [0.29, 0.717) is 5.56 Å². The molecule has 0 saturated heterocycles. The normalized spacial score (nSPS) is 10.8. The van der Waals surface area contributed by atoms with Crippen LogP contribution in [-0.2, 0) is 4.79 Å². The van der Waals surface area contributed by atoms with Gasteiger partial charge >= 0.3 is 5.69 Å². The van der Waals surface area contributed by atoms with Gasteiger partial charge in [-0.15, -0.1) is 0 Å². The summed E-state index contributed by atoms with van der Waals surface area (Å²) in [6, 6.07) is 3.12. The maximum absolute atomic E-state index is 11.0. The van der Waals surface area contributed by atoms with E-state index in [1.54, 1.807) is 12.1 Å². The molecule has 1 aromatic heterocycles. The number of carbonyl (C=O) groups is 1. The van der Waals surface area contributed by atoms with Crippen LogP contribution in [0, 0.1) is 17.0 Å². The first kappa shape index (κ1) is 18.3. The Bertz CT molecular complexity index is 846. The van der Waals surface area contributed by atoms with Crippen LogP contribution in [-0.4, -0.2) is 29.7 Å². The summed E-state index contributed by atoms with van der Waals surface area (Å²) >= 11 is 6.13. The Balaban J connectivity index is 2.33. The summed E-state index contributed by atoms with van der Waals surface area (Å²) in [4.78, 5) is 21.3. The minimum Gasteiger partial charge on any atom is -0.493 e. The molecule has 2 rings (SSSR count). The zero-order chi connectivity index (χ0) is 18.6. The summed E-state index contributed by atoms with van der Waals surface area (Å²) in [6.07, 6.45) is 2.97. The van der Waals surface area contributed by atoms with Crippen LogP contribution in [0.15, 0.2) is 16.7 Å². The maximum atomic E-state index is 11.0. The van der Waals surface area contributed by atoms with Crippen LogP contribution in [0.4, 0.5) is 5.69 Å². The lowest BCUT2D eigenvalue weighted by molar-refractivity contribution is -0.386. The predicted octanol–water partition coefficient (Wildman–Crippen LogP) is 2.59. The Morgan fingerprint density at radius 3 is 2.80 bits per heavy atom. The van der Waals surface area contributed by atoms with Crippen LogP contribution in [0.25, 0.3) is 12.2 Å². The van der Waals surface area contributed by atoms with Gasteiger partial charge in [-0.2, -0.15) is 0 Å². The number of nitro groups is 1. The number of benzene rings is 1. The van der Waals surface area contributed by atoms with Crippen molar-refractivity contribution < 1.29 is 23.7 Å². The third-order valence-electron chi connectivity index (χ3n) is 3.08. The van der Waals surface area contributed by atoms with Crippen molar-refractivity contribution >= 4 is 35.3 Å². The Kier molecular flexibility index (Phi) is 5.60. The fraction of sp³-hybridized carbons (Fsp3) is 0.200. The molecule has 0 fully saturated rings. The lowest BCUT2D eigenvalue weighted by Crippen LogP contribution is -2.20. The monoisotopic (exact) mass is 367 g/mol. The number of aryl methyl sites for hydroxylation is 1. The van der Waals surface area contributed by atoms with E-state index in [9.17, 15) is 14.9 Å². The molecule has 1 aromatic carbocycles. The van der Waals surface area contributed by atoms with E-state index in [4.69, 9.17) is 31.3 Å². The summed E-state index contributed by atoms with van der Waals surface area (Å²) in [5, 5.41) is 14.8. The number of rotatable bonds is 7. The van der Waals surface area contributed by atoms with Gasteiger partial charge in [-0.25, -0.2) is 0 Å². The molecular weight excluding hydrogens is 354 g/mol. The Labute approximate surface area is 147 Å². The first-order valence-electron chi connectivity index (χ1n) is 6.90. The first-order chi connectivity index (χ1) is 11.8. The molecule has 2 aromatic rings. The molecule has 9 nitrogen and oxygen atoms in total. The van der Waals surface area contributed by atoms with Crippen molar-refractivity contribution in [2.45, 2.75) is 6.92 Å². The number of methoxy groups -OCH3 is 1. The highest BCUT2D eigenvalue weighted by molar-refractivity contribution is 6.32. The summed E-state index contributed by atoms with van der Waals surface area (Å²) in [5.74, 6) is -0.103. The number of aromatic nitrogens is 1. The van der Waals surface area contributed by atoms with Crippen molar-refractivity contribution in [2.75, 3.05) is 13.7 Å². The second-order valence-corrected chi connectivity index (χ2v) is 5.26. The van der Waals surface area contributed by atoms with Crippen molar-refractivity contribution in [3.8, 4) is 11.5 Å². The highest BCUT2D eigenvalue weighted by Crippen LogP contribution is 2.37. The Morgan fingerprint density at radius 1 is 1.48 bits per heavy atom. The standard InChI is InChI=1S/C15H14ClN3O6/c1-8-14(19(21)22)11(18-25-8)4-3-9-5-10(16)15(12(6-9)23-2)24-7-13(17)20/h3-6H,7H2,1-2H3,(H2,17,20)/b4-3+. The minimum atomic E-state index is -0.657. The van der Waals surface area contributed by atoms with Crippen molar-refractivity contribution in [1.82, 2.24) is 5.16 Å². The van der Waals surface area contributed by atoms with E-state index in [-0.39, 0.29) is 40.3 Å². The molecule has 25 heavy (non-hydrogen) atoms. The second kappa shape index (κ2) is 7.67. The highest BCUT2D eigenvalue weighted by atomic mass is 35.5. The number of hydrogen-bond donors (Lipinski definition) is 1.